The van der Waals surface area contributed by atoms with Gasteiger partial charge in [0.15, 0.2) is 0 Å². The predicted octanol–water partition coefficient (Wildman–Crippen LogP) is 3.60. The summed E-state index contributed by atoms with van der Waals surface area (Å²) < 4.78 is 0. The van der Waals surface area contributed by atoms with Gasteiger partial charge in [-0.2, -0.15) is 0 Å². The number of aromatic nitrogens is 1. The number of nitrogens with one attached hydrogen (secondary N) is 2. The van der Waals surface area contributed by atoms with Crippen molar-refractivity contribution >= 4 is 22.5 Å². The summed E-state index contributed by atoms with van der Waals surface area (Å²) in [6.45, 7) is 1.94. The number of H-pyrrole nitrogens is 1. The van der Waals surface area contributed by atoms with Crippen LogP contribution in [0.4, 0.5) is 5.69 Å². The van der Waals surface area contributed by atoms with Crippen LogP contribution in [0.3, 0.4) is 0 Å². The van der Waals surface area contributed by atoms with Crippen molar-refractivity contribution in [1.82, 2.24) is 15.2 Å². The van der Waals surface area contributed by atoms with Gasteiger partial charge >= 0.3 is 0 Å². The van der Waals surface area contributed by atoms with Crippen LogP contribution in [0.2, 0.25) is 0 Å². The number of amides is 1. The molecule has 1 atom stereocenters. The minimum atomic E-state index is -0.428. The molecular formula is C20H26N4O3. The summed E-state index contributed by atoms with van der Waals surface area (Å²) in [6, 6.07) is 7.35. The minimum absolute atomic E-state index is 0.00745. The van der Waals surface area contributed by atoms with Gasteiger partial charge in [0.25, 0.3) is 11.6 Å². The molecule has 1 aliphatic carbocycles. The van der Waals surface area contributed by atoms with Crippen LogP contribution in [0, 0.1) is 10.1 Å². The van der Waals surface area contributed by atoms with E-state index in [1.165, 1.54) is 44.6 Å². The largest absolute Gasteiger partial charge is 0.347 e. The molecule has 2 aliphatic rings. The third-order valence-corrected chi connectivity index (χ3v) is 5.97. The Bertz CT molecular complexity index is 839. The first-order valence-electron chi connectivity index (χ1n) is 9.93. The quantitative estimate of drug-likeness (QED) is 0.489. The highest BCUT2D eigenvalue weighted by Crippen LogP contribution is 2.27. The number of likely N-dealkylation sites (tertiary alicyclic amines) is 1. The number of rotatable bonds is 4. The van der Waals surface area contributed by atoms with E-state index in [0.29, 0.717) is 22.6 Å². The van der Waals surface area contributed by atoms with E-state index in [2.05, 4.69) is 15.2 Å². The van der Waals surface area contributed by atoms with E-state index in [-0.39, 0.29) is 17.6 Å². The Balaban J connectivity index is 1.41. The van der Waals surface area contributed by atoms with E-state index in [4.69, 9.17) is 0 Å². The van der Waals surface area contributed by atoms with E-state index < -0.39 is 4.92 Å². The van der Waals surface area contributed by atoms with Gasteiger partial charge in [-0.05, 0) is 25.3 Å². The predicted molar refractivity (Wildman–Crippen MR) is 104 cm³/mol. The summed E-state index contributed by atoms with van der Waals surface area (Å²) in [6.07, 6.45) is 8.81. The zero-order valence-corrected chi connectivity index (χ0v) is 15.4. The van der Waals surface area contributed by atoms with Crippen LogP contribution in [-0.4, -0.2) is 45.9 Å². The van der Waals surface area contributed by atoms with Crippen molar-refractivity contribution in [1.29, 1.82) is 0 Å². The number of aromatic amines is 1. The summed E-state index contributed by atoms with van der Waals surface area (Å²) in [5.41, 5.74) is 0.776. The molecule has 2 N–H and O–H groups in total. The number of hydrogen-bond acceptors (Lipinski definition) is 4. The van der Waals surface area contributed by atoms with Crippen molar-refractivity contribution in [3.63, 3.8) is 0 Å². The van der Waals surface area contributed by atoms with Gasteiger partial charge in [0, 0.05) is 36.6 Å². The second-order valence-electron chi connectivity index (χ2n) is 7.78. The van der Waals surface area contributed by atoms with Crippen molar-refractivity contribution in [2.24, 2.45) is 0 Å². The Morgan fingerprint density at radius 1 is 1.19 bits per heavy atom. The molecule has 0 bridgehead atoms. The highest BCUT2D eigenvalue weighted by atomic mass is 16.6. The van der Waals surface area contributed by atoms with Crippen LogP contribution in [-0.2, 0) is 0 Å². The molecule has 7 heteroatoms. The fourth-order valence-electron chi connectivity index (χ4n) is 4.54. The van der Waals surface area contributed by atoms with Crippen LogP contribution in [0.15, 0.2) is 24.3 Å². The summed E-state index contributed by atoms with van der Waals surface area (Å²) >= 11 is 0. The van der Waals surface area contributed by atoms with Gasteiger partial charge in [0.1, 0.15) is 11.2 Å². The number of carbonyl (C=O) groups excluding carboxylic acids is 1. The number of non-ortho nitro benzene ring substituents is 1. The number of carbonyl (C=O) groups is 1. The fourth-order valence-corrected chi connectivity index (χ4v) is 4.54. The van der Waals surface area contributed by atoms with Gasteiger partial charge in [-0.3, -0.25) is 19.8 Å². The minimum Gasteiger partial charge on any atom is -0.347 e. The monoisotopic (exact) mass is 370 g/mol. The topological polar surface area (TPSA) is 91.3 Å². The summed E-state index contributed by atoms with van der Waals surface area (Å²) in [5.74, 6) is -0.187. The maximum Gasteiger partial charge on any atom is 0.293 e. The molecule has 0 spiro atoms. The van der Waals surface area contributed by atoms with Crippen LogP contribution in [0.25, 0.3) is 10.9 Å². The maximum atomic E-state index is 12.7. The fraction of sp³-hybridized carbons (Fsp3) is 0.550. The molecule has 1 saturated carbocycles. The molecule has 1 amide bonds. The van der Waals surface area contributed by atoms with E-state index in [1.54, 1.807) is 18.2 Å². The molecular weight excluding hydrogens is 344 g/mol. The van der Waals surface area contributed by atoms with Gasteiger partial charge in [-0.1, -0.05) is 37.8 Å². The molecule has 1 unspecified atom stereocenters. The van der Waals surface area contributed by atoms with Crippen LogP contribution < -0.4 is 5.32 Å². The van der Waals surface area contributed by atoms with E-state index in [1.807, 2.05) is 0 Å². The number of nitro benzene ring substituents is 1. The van der Waals surface area contributed by atoms with E-state index in [0.717, 1.165) is 19.5 Å². The normalized spacial score (nSPS) is 22.0. The average Bonchev–Trinajstić information content (AvgIpc) is 3.21. The summed E-state index contributed by atoms with van der Waals surface area (Å²) in [4.78, 5) is 28.9. The van der Waals surface area contributed by atoms with Crippen molar-refractivity contribution in [2.45, 2.75) is 57.0 Å². The average molecular weight is 370 g/mol. The smallest absolute Gasteiger partial charge is 0.293 e. The summed E-state index contributed by atoms with van der Waals surface area (Å²) in [7, 11) is 0. The first-order chi connectivity index (χ1) is 13.1. The van der Waals surface area contributed by atoms with Crippen LogP contribution in [0.5, 0.6) is 0 Å². The molecule has 2 heterocycles. The first kappa shape index (κ1) is 18.0. The number of para-hydroxylation sites is 1. The number of hydrogen-bond donors (Lipinski definition) is 2. The van der Waals surface area contributed by atoms with Gasteiger partial charge in [0.2, 0.25) is 0 Å². The van der Waals surface area contributed by atoms with Crippen molar-refractivity contribution in [3.8, 4) is 0 Å². The second-order valence-corrected chi connectivity index (χ2v) is 7.78. The second kappa shape index (κ2) is 7.68. The highest BCUT2D eigenvalue weighted by Gasteiger charge is 2.30. The Hall–Kier alpha value is -2.41. The number of nitro groups is 1. The molecule has 1 aliphatic heterocycles. The van der Waals surface area contributed by atoms with Gasteiger partial charge in [-0.25, -0.2) is 0 Å². The zero-order chi connectivity index (χ0) is 18.8. The number of nitrogens with zero attached hydrogens (tertiary/aromatic N) is 2. The van der Waals surface area contributed by atoms with E-state index in [9.17, 15) is 14.9 Å². The molecule has 144 valence electrons. The molecule has 1 aromatic heterocycles. The Kier molecular flexibility index (Phi) is 5.11. The van der Waals surface area contributed by atoms with Gasteiger partial charge in [0.05, 0.1) is 4.92 Å². The van der Waals surface area contributed by atoms with Gasteiger partial charge < -0.3 is 10.3 Å². The molecule has 4 rings (SSSR count). The lowest BCUT2D eigenvalue weighted by Gasteiger charge is -2.26. The standard InChI is InChI=1S/C20H26N4O3/c25-20(17-12-14-6-5-9-18(24(26)27)19(14)22-17)21-15-10-11-23(13-15)16-7-3-1-2-4-8-16/h5-6,9,12,15-16,22H,1-4,7-8,10-11,13H2,(H,21,25). The number of benzene rings is 1. The van der Waals surface area contributed by atoms with Crippen molar-refractivity contribution in [3.05, 3.63) is 40.1 Å². The first-order valence-corrected chi connectivity index (χ1v) is 9.93. The molecule has 2 fully saturated rings. The molecule has 7 nitrogen and oxygen atoms in total. The lowest BCUT2D eigenvalue weighted by Crippen LogP contribution is -2.39. The van der Waals surface area contributed by atoms with Gasteiger partial charge in [-0.15, -0.1) is 0 Å². The lowest BCUT2D eigenvalue weighted by molar-refractivity contribution is -0.383. The lowest BCUT2D eigenvalue weighted by atomic mass is 10.1. The zero-order valence-electron chi connectivity index (χ0n) is 15.4. The SMILES string of the molecule is O=C(NC1CCN(C2CCCCCC2)C1)c1cc2cccc([N+](=O)[O-])c2[nH]1. The third kappa shape index (κ3) is 3.83. The van der Waals surface area contributed by atoms with Crippen molar-refractivity contribution < 1.29 is 9.72 Å². The highest BCUT2D eigenvalue weighted by molar-refractivity contribution is 6.00. The molecule has 1 aromatic carbocycles. The molecule has 1 saturated heterocycles. The Morgan fingerprint density at radius 2 is 1.96 bits per heavy atom. The molecule has 0 radical (unpaired) electrons. The third-order valence-electron chi connectivity index (χ3n) is 5.97. The van der Waals surface area contributed by atoms with E-state index >= 15 is 0 Å². The Morgan fingerprint density at radius 3 is 2.70 bits per heavy atom. The van der Waals surface area contributed by atoms with Crippen LogP contribution in [0.1, 0.15) is 55.4 Å². The number of fused-ring (bicyclic) bond motifs is 1. The maximum absolute atomic E-state index is 12.7. The molecule has 27 heavy (non-hydrogen) atoms. The molecule has 2 aromatic rings. The van der Waals surface area contributed by atoms with Crippen LogP contribution >= 0.6 is 0 Å². The Labute approximate surface area is 158 Å². The summed E-state index contributed by atoms with van der Waals surface area (Å²) in [5, 5.41) is 15.0. The van der Waals surface area contributed by atoms with Crippen molar-refractivity contribution in [2.75, 3.05) is 13.1 Å².